The molecule has 2 atom stereocenters. The molecule has 1 aromatic rings. The van der Waals surface area contributed by atoms with E-state index >= 15 is 0 Å². The molecule has 2 aliphatic heterocycles. The number of fused-ring (bicyclic) bond motifs is 1. The highest BCUT2D eigenvalue weighted by molar-refractivity contribution is 5.06. The maximum absolute atomic E-state index is 10.7. The Bertz CT molecular complexity index is 417. The third-order valence-electron chi connectivity index (χ3n) is 4.62. The summed E-state index contributed by atoms with van der Waals surface area (Å²) in [6.45, 7) is 2.32. The summed E-state index contributed by atoms with van der Waals surface area (Å²) in [6.07, 6.45) is 10.3. The van der Waals surface area contributed by atoms with Crippen molar-refractivity contribution in [3.05, 3.63) is 18.0 Å². The van der Waals surface area contributed by atoms with E-state index in [2.05, 4.69) is 10.00 Å². The first-order valence-corrected chi connectivity index (χ1v) is 7.09. The Morgan fingerprint density at radius 2 is 2.39 bits per heavy atom. The minimum atomic E-state index is -0.443. The maximum Gasteiger partial charge on any atom is 0.0678 e. The Morgan fingerprint density at radius 1 is 1.50 bits per heavy atom. The number of rotatable bonds is 3. The molecule has 4 heteroatoms. The number of aromatic nitrogens is 2. The highest BCUT2D eigenvalue weighted by Crippen LogP contribution is 2.35. The van der Waals surface area contributed by atoms with Crippen LogP contribution in [0.3, 0.4) is 0 Å². The first kappa shape index (κ1) is 12.2. The van der Waals surface area contributed by atoms with Gasteiger partial charge in [0.05, 0.1) is 11.8 Å². The van der Waals surface area contributed by atoms with Gasteiger partial charge >= 0.3 is 0 Å². The van der Waals surface area contributed by atoms with Crippen molar-refractivity contribution in [1.82, 2.24) is 14.7 Å². The van der Waals surface area contributed by atoms with E-state index in [-0.39, 0.29) is 0 Å². The molecule has 1 aromatic heterocycles. The van der Waals surface area contributed by atoms with Crippen LogP contribution >= 0.6 is 0 Å². The fourth-order valence-corrected chi connectivity index (χ4v) is 3.52. The van der Waals surface area contributed by atoms with Crippen molar-refractivity contribution in [2.24, 2.45) is 7.05 Å². The van der Waals surface area contributed by atoms with Crippen LogP contribution in [0.4, 0.5) is 0 Å². The molecule has 0 radical (unpaired) electrons. The molecule has 0 saturated carbocycles. The third kappa shape index (κ3) is 2.45. The molecule has 0 amide bonds. The largest absolute Gasteiger partial charge is 0.390 e. The standard InChI is InChI=1S/C14H23N3O/c1-16-11-12(10-15-16)4-5-14(18)6-8-17-7-2-3-13(17)9-14/h10-11,13,18H,2-9H2,1H3. The molecule has 3 rings (SSSR count). The summed E-state index contributed by atoms with van der Waals surface area (Å²) in [5.74, 6) is 0. The summed E-state index contributed by atoms with van der Waals surface area (Å²) in [4.78, 5) is 2.55. The number of aliphatic hydroxyl groups is 1. The summed E-state index contributed by atoms with van der Waals surface area (Å²) >= 11 is 0. The lowest BCUT2D eigenvalue weighted by Gasteiger charge is -2.41. The van der Waals surface area contributed by atoms with E-state index in [1.807, 2.05) is 24.1 Å². The average molecular weight is 249 g/mol. The van der Waals surface area contributed by atoms with E-state index in [1.165, 1.54) is 24.9 Å². The van der Waals surface area contributed by atoms with Crippen LogP contribution < -0.4 is 0 Å². The van der Waals surface area contributed by atoms with Crippen molar-refractivity contribution in [3.8, 4) is 0 Å². The molecule has 2 unspecified atom stereocenters. The highest BCUT2D eigenvalue weighted by Gasteiger charge is 2.39. The van der Waals surface area contributed by atoms with Crippen LogP contribution in [0.25, 0.3) is 0 Å². The monoisotopic (exact) mass is 249 g/mol. The molecule has 2 fully saturated rings. The Kier molecular flexibility index (Phi) is 3.16. The van der Waals surface area contributed by atoms with Gasteiger partial charge in [-0.2, -0.15) is 5.10 Å². The Hall–Kier alpha value is -0.870. The summed E-state index contributed by atoms with van der Waals surface area (Å²) < 4.78 is 1.83. The third-order valence-corrected chi connectivity index (χ3v) is 4.62. The van der Waals surface area contributed by atoms with Gasteiger partial charge in [-0.25, -0.2) is 0 Å². The molecule has 4 nitrogen and oxygen atoms in total. The molecule has 0 bridgehead atoms. The number of aryl methyl sites for hydroxylation is 2. The van der Waals surface area contributed by atoms with Crippen LogP contribution in [0.15, 0.2) is 12.4 Å². The summed E-state index contributed by atoms with van der Waals surface area (Å²) in [7, 11) is 1.94. The van der Waals surface area contributed by atoms with E-state index in [1.54, 1.807) is 0 Å². The zero-order valence-electron chi connectivity index (χ0n) is 11.2. The molecule has 0 aliphatic carbocycles. The molecule has 1 N–H and O–H groups in total. The summed E-state index contributed by atoms with van der Waals surface area (Å²) in [6, 6.07) is 0.637. The van der Waals surface area contributed by atoms with Crippen molar-refractivity contribution in [2.45, 2.75) is 50.2 Å². The molecule has 3 heterocycles. The van der Waals surface area contributed by atoms with Crippen molar-refractivity contribution in [3.63, 3.8) is 0 Å². The molecule has 2 aliphatic rings. The number of piperidine rings is 1. The molecule has 2 saturated heterocycles. The van der Waals surface area contributed by atoms with Crippen LogP contribution in [0, 0.1) is 0 Å². The van der Waals surface area contributed by atoms with Crippen LogP contribution in [-0.2, 0) is 13.5 Å². The van der Waals surface area contributed by atoms with Crippen molar-refractivity contribution in [1.29, 1.82) is 0 Å². The van der Waals surface area contributed by atoms with Crippen LogP contribution in [0.2, 0.25) is 0 Å². The molecular weight excluding hydrogens is 226 g/mol. The lowest BCUT2D eigenvalue weighted by molar-refractivity contribution is -0.0416. The Labute approximate surface area is 109 Å². The van der Waals surface area contributed by atoms with Crippen LogP contribution in [0.5, 0.6) is 0 Å². The minimum absolute atomic E-state index is 0.443. The van der Waals surface area contributed by atoms with Crippen molar-refractivity contribution >= 4 is 0 Å². The second kappa shape index (κ2) is 4.67. The second-order valence-electron chi connectivity index (χ2n) is 6.03. The summed E-state index contributed by atoms with van der Waals surface area (Å²) in [5.41, 5.74) is 0.793. The van der Waals surface area contributed by atoms with Gasteiger partial charge in [0.15, 0.2) is 0 Å². The predicted molar refractivity (Wildman–Crippen MR) is 70.3 cm³/mol. The van der Waals surface area contributed by atoms with E-state index in [9.17, 15) is 5.11 Å². The zero-order valence-corrected chi connectivity index (χ0v) is 11.2. The highest BCUT2D eigenvalue weighted by atomic mass is 16.3. The minimum Gasteiger partial charge on any atom is -0.390 e. The van der Waals surface area contributed by atoms with Gasteiger partial charge in [0.25, 0.3) is 0 Å². The second-order valence-corrected chi connectivity index (χ2v) is 6.03. The zero-order chi connectivity index (χ0) is 12.6. The first-order chi connectivity index (χ1) is 8.65. The van der Waals surface area contributed by atoms with E-state index in [0.717, 1.165) is 32.2 Å². The quantitative estimate of drug-likeness (QED) is 0.879. The SMILES string of the molecule is Cn1cc(CCC2(O)CCN3CCCC3C2)cn1. The van der Waals surface area contributed by atoms with Gasteiger partial charge in [-0.1, -0.05) is 0 Å². The normalized spacial score (nSPS) is 32.7. The van der Waals surface area contributed by atoms with E-state index < -0.39 is 5.60 Å². The fourth-order valence-electron chi connectivity index (χ4n) is 3.52. The van der Waals surface area contributed by atoms with Gasteiger partial charge in [-0.05, 0) is 50.6 Å². The Morgan fingerprint density at radius 3 is 3.17 bits per heavy atom. The molecular formula is C14H23N3O. The molecule has 100 valence electrons. The van der Waals surface area contributed by atoms with Crippen LogP contribution in [0.1, 0.15) is 37.7 Å². The fraction of sp³-hybridized carbons (Fsp3) is 0.786. The van der Waals surface area contributed by atoms with Crippen LogP contribution in [-0.4, -0.2) is 44.5 Å². The Balaban J connectivity index is 1.58. The lowest BCUT2D eigenvalue weighted by Crippen LogP contribution is -2.47. The average Bonchev–Trinajstić information content (AvgIpc) is 2.95. The maximum atomic E-state index is 10.7. The van der Waals surface area contributed by atoms with Gasteiger partial charge < -0.3 is 10.0 Å². The number of nitrogens with zero attached hydrogens (tertiary/aromatic N) is 3. The lowest BCUT2D eigenvalue weighted by atomic mass is 9.82. The predicted octanol–water partition coefficient (Wildman–Crippen LogP) is 1.34. The van der Waals surface area contributed by atoms with Gasteiger partial charge in [-0.3, -0.25) is 4.68 Å². The van der Waals surface area contributed by atoms with Gasteiger partial charge in [0.2, 0.25) is 0 Å². The topological polar surface area (TPSA) is 41.3 Å². The van der Waals surface area contributed by atoms with Gasteiger partial charge in [0.1, 0.15) is 0 Å². The van der Waals surface area contributed by atoms with E-state index in [0.29, 0.717) is 6.04 Å². The van der Waals surface area contributed by atoms with E-state index in [4.69, 9.17) is 0 Å². The van der Waals surface area contributed by atoms with Gasteiger partial charge in [0, 0.05) is 25.8 Å². The van der Waals surface area contributed by atoms with Crippen molar-refractivity contribution < 1.29 is 5.11 Å². The molecule has 0 aromatic carbocycles. The number of hydrogen-bond acceptors (Lipinski definition) is 3. The van der Waals surface area contributed by atoms with Gasteiger partial charge in [-0.15, -0.1) is 0 Å². The first-order valence-electron chi connectivity index (χ1n) is 7.09. The molecule has 18 heavy (non-hydrogen) atoms. The smallest absolute Gasteiger partial charge is 0.0678 e. The van der Waals surface area contributed by atoms with Crippen molar-refractivity contribution in [2.75, 3.05) is 13.1 Å². The summed E-state index contributed by atoms with van der Waals surface area (Å²) in [5, 5.41) is 14.9. The number of hydrogen-bond donors (Lipinski definition) is 1. The molecule has 0 spiro atoms.